The van der Waals surface area contributed by atoms with Crippen molar-refractivity contribution in [3.63, 3.8) is 0 Å². The molecule has 4 rings (SSSR count). The molecular weight excluding hydrogens is 400 g/mol. The van der Waals surface area contributed by atoms with Gasteiger partial charge in [0.1, 0.15) is 0 Å². The molecule has 7 nitrogen and oxygen atoms in total. The van der Waals surface area contributed by atoms with E-state index in [0.29, 0.717) is 12.1 Å². The third kappa shape index (κ3) is 4.28. The van der Waals surface area contributed by atoms with Crippen molar-refractivity contribution >= 4 is 39.5 Å². The van der Waals surface area contributed by atoms with E-state index >= 15 is 0 Å². The van der Waals surface area contributed by atoms with Crippen molar-refractivity contribution in [2.75, 3.05) is 24.5 Å². The summed E-state index contributed by atoms with van der Waals surface area (Å²) in [5.74, 6) is 0.130. The second kappa shape index (κ2) is 8.79. The van der Waals surface area contributed by atoms with Gasteiger partial charge in [-0.3, -0.25) is 14.9 Å². The molecule has 0 atom stereocenters. The Morgan fingerprint density at radius 2 is 2.10 bits per heavy atom. The fourth-order valence-electron chi connectivity index (χ4n) is 4.04. The molecule has 156 valence electrons. The zero-order chi connectivity index (χ0) is 21.1. The Hall–Kier alpha value is -3.00. The van der Waals surface area contributed by atoms with Crippen molar-refractivity contribution in [3.05, 3.63) is 62.5 Å². The highest BCUT2D eigenvalue weighted by molar-refractivity contribution is 7.09. The maximum Gasteiger partial charge on any atom is 0.295 e. The third-order valence-electron chi connectivity index (χ3n) is 5.58. The molecular formula is C22H24N4O3S. The summed E-state index contributed by atoms with van der Waals surface area (Å²) in [6.07, 6.45) is 2.40. The summed E-state index contributed by atoms with van der Waals surface area (Å²) in [6.45, 7) is 4.00. The van der Waals surface area contributed by atoms with Crippen LogP contribution in [0.4, 0.5) is 11.4 Å². The normalized spacial score (nSPS) is 14.8. The Morgan fingerprint density at radius 3 is 2.80 bits per heavy atom. The molecule has 1 aliphatic rings. The fraction of sp³-hybridized carbons (Fsp3) is 0.364. The molecule has 0 saturated carbocycles. The number of piperidine rings is 1. The fourth-order valence-corrected chi connectivity index (χ4v) is 4.75. The number of carbonyl (C=O) groups excluding carboxylic acids is 1. The number of non-ortho nitro benzene ring substituents is 1. The minimum absolute atomic E-state index is 0.00752. The second-order valence-corrected chi connectivity index (χ2v) is 8.63. The number of carbonyl (C=O) groups is 1. The van der Waals surface area contributed by atoms with Crippen molar-refractivity contribution in [1.82, 2.24) is 10.3 Å². The van der Waals surface area contributed by atoms with E-state index in [1.54, 1.807) is 17.4 Å². The molecule has 1 aromatic carbocycles. The van der Waals surface area contributed by atoms with Crippen LogP contribution >= 0.6 is 11.3 Å². The van der Waals surface area contributed by atoms with E-state index in [2.05, 4.69) is 21.3 Å². The topological polar surface area (TPSA) is 88.4 Å². The highest BCUT2D eigenvalue weighted by Crippen LogP contribution is 2.34. The molecule has 8 heteroatoms. The van der Waals surface area contributed by atoms with Gasteiger partial charge in [-0.25, -0.2) is 4.98 Å². The first kappa shape index (κ1) is 20.3. The van der Waals surface area contributed by atoms with Crippen molar-refractivity contribution in [2.45, 2.75) is 26.2 Å². The molecule has 3 heterocycles. The molecule has 0 radical (unpaired) electrons. The maximum absolute atomic E-state index is 12.5. The number of thiophene rings is 1. The predicted octanol–water partition coefficient (Wildman–Crippen LogP) is 4.09. The average Bonchev–Trinajstić information content (AvgIpc) is 3.26. The smallest absolute Gasteiger partial charge is 0.295 e. The molecule has 1 N–H and O–H groups in total. The summed E-state index contributed by atoms with van der Waals surface area (Å²) in [6, 6.07) is 11.2. The highest BCUT2D eigenvalue weighted by Gasteiger charge is 2.27. The largest absolute Gasteiger partial charge is 0.371 e. The van der Waals surface area contributed by atoms with E-state index in [4.69, 9.17) is 0 Å². The van der Waals surface area contributed by atoms with E-state index in [1.165, 1.54) is 10.9 Å². The summed E-state index contributed by atoms with van der Waals surface area (Å²) < 4.78 is 0. The Morgan fingerprint density at radius 1 is 1.30 bits per heavy atom. The number of nitro groups is 1. The lowest BCUT2D eigenvalue weighted by Gasteiger charge is -2.33. The SMILES string of the molecule is Cc1cc(N2CCC(C(=O)NCCc3cccs3)CC2)c2cccc([N+](=O)[O-])c2n1. The van der Waals surface area contributed by atoms with Crippen LogP contribution in [0.1, 0.15) is 23.4 Å². The standard InChI is InChI=1S/C22H24N4O3S/c1-15-14-20(18-5-2-6-19(26(28)29)21(18)24-15)25-11-8-16(9-12-25)22(27)23-10-7-17-4-3-13-30-17/h2-6,13-14,16H,7-12H2,1H3,(H,23,27). The number of anilines is 1. The predicted molar refractivity (Wildman–Crippen MR) is 119 cm³/mol. The van der Waals surface area contributed by atoms with Crippen LogP contribution in [0.5, 0.6) is 0 Å². The van der Waals surface area contributed by atoms with Crippen LogP contribution in [0.25, 0.3) is 10.9 Å². The van der Waals surface area contributed by atoms with Gasteiger partial charge >= 0.3 is 0 Å². The molecule has 1 amide bonds. The van der Waals surface area contributed by atoms with Crippen molar-refractivity contribution < 1.29 is 9.72 Å². The summed E-state index contributed by atoms with van der Waals surface area (Å²) in [5.41, 5.74) is 2.15. The first-order valence-corrected chi connectivity index (χ1v) is 11.0. The Labute approximate surface area is 178 Å². The average molecular weight is 425 g/mol. The van der Waals surface area contributed by atoms with E-state index < -0.39 is 0 Å². The summed E-state index contributed by atoms with van der Waals surface area (Å²) in [4.78, 5) is 31.5. The number of aromatic nitrogens is 1. The minimum atomic E-state index is -0.384. The Bertz CT molecular complexity index is 1060. The van der Waals surface area contributed by atoms with Crippen LogP contribution in [-0.2, 0) is 11.2 Å². The molecule has 1 fully saturated rings. The lowest BCUT2D eigenvalue weighted by Crippen LogP contribution is -2.41. The number of rotatable bonds is 6. The maximum atomic E-state index is 12.5. The number of hydrogen-bond donors (Lipinski definition) is 1. The molecule has 0 bridgehead atoms. The number of benzene rings is 1. The third-order valence-corrected chi connectivity index (χ3v) is 6.51. The van der Waals surface area contributed by atoms with Gasteiger partial charge in [0.15, 0.2) is 5.52 Å². The van der Waals surface area contributed by atoms with Crippen molar-refractivity contribution in [1.29, 1.82) is 0 Å². The molecule has 0 spiro atoms. The zero-order valence-corrected chi connectivity index (χ0v) is 17.7. The highest BCUT2D eigenvalue weighted by atomic mass is 32.1. The van der Waals surface area contributed by atoms with Crippen LogP contribution in [-0.4, -0.2) is 35.4 Å². The van der Waals surface area contributed by atoms with Crippen LogP contribution in [0, 0.1) is 23.0 Å². The lowest BCUT2D eigenvalue weighted by atomic mass is 9.95. The van der Waals surface area contributed by atoms with Gasteiger partial charge in [0.25, 0.3) is 5.69 Å². The van der Waals surface area contributed by atoms with Crippen molar-refractivity contribution in [2.24, 2.45) is 5.92 Å². The zero-order valence-electron chi connectivity index (χ0n) is 16.8. The molecule has 0 aliphatic carbocycles. The number of pyridine rings is 1. The van der Waals surface area contributed by atoms with Gasteiger partial charge in [0.2, 0.25) is 5.91 Å². The van der Waals surface area contributed by atoms with Gasteiger partial charge in [-0.2, -0.15) is 0 Å². The Kier molecular flexibility index (Phi) is 5.94. The minimum Gasteiger partial charge on any atom is -0.371 e. The first-order chi connectivity index (χ1) is 14.5. The Balaban J connectivity index is 1.42. The van der Waals surface area contributed by atoms with E-state index in [0.717, 1.165) is 49.1 Å². The van der Waals surface area contributed by atoms with Gasteiger partial charge in [-0.15, -0.1) is 11.3 Å². The van der Waals surface area contributed by atoms with E-state index in [9.17, 15) is 14.9 Å². The number of fused-ring (bicyclic) bond motifs is 1. The molecule has 30 heavy (non-hydrogen) atoms. The van der Waals surface area contributed by atoms with Gasteiger partial charge in [0, 0.05) is 53.3 Å². The number of amides is 1. The number of para-hydroxylation sites is 1. The lowest BCUT2D eigenvalue weighted by molar-refractivity contribution is -0.383. The molecule has 1 saturated heterocycles. The van der Waals surface area contributed by atoms with Crippen LogP contribution < -0.4 is 10.2 Å². The van der Waals surface area contributed by atoms with E-state index in [-0.39, 0.29) is 22.4 Å². The number of nitro benzene ring substituents is 1. The van der Waals surface area contributed by atoms with Crippen LogP contribution in [0.2, 0.25) is 0 Å². The molecule has 2 aromatic heterocycles. The first-order valence-electron chi connectivity index (χ1n) is 10.1. The number of nitrogens with one attached hydrogen (secondary N) is 1. The number of hydrogen-bond acceptors (Lipinski definition) is 6. The molecule has 0 unspecified atom stereocenters. The number of nitrogens with zero attached hydrogens (tertiary/aromatic N) is 3. The van der Waals surface area contributed by atoms with Gasteiger partial charge in [-0.1, -0.05) is 18.2 Å². The summed E-state index contributed by atoms with van der Waals surface area (Å²) >= 11 is 1.71. The molecule has 1 aliphatic heterocycles. The number of aryl methyl sites for hydroxylation is 1. The van der Waals surface area contributed by atoms with Crippen molar-refractivity contribution in [3.8, 4) is 0 Å². The van der Waals surface area contributed by atoms with E-state index in [1.807, 2.05) is 30.5 Å². The molecule has 3 aromatic rings. The quantitative estimate of drug-likeness (QED) is 0.476. The second-order valence-electron chi connectivity index (χ2n) is 7.59. The summed E-state index contributed by atoms with van der Waals surface area (Å²) in [7, 11) is 0. The monoisotopic (exact) mass is 424 g/mol. The van der Waals surface area contributed by atoms with Crippen LogP contribution in [0.15, 0.2) is 41.8 Å². The summed E-state index contributed by atoms with van der Waals surface area (Å²) in [5, 5.41) is 17.3. The van der Waals surface area contributed by atoms with Gasteiger partial charge in [-0.05, 0) is 43.7 Å². The van der Waals surface area contributed by atoms with Gasteiger partial charge < -0.3 is 10.2 Å². The van der Waals surface area contributed by atoms with Crippen LogP contribution in [0.3, 0.4) is 0 Å². The van der Waals surface area contributed by atoms with Gasteiger partial charge in [0.05, 0.1) is 4.92 Å².